The average molecular weight is 209 g/mol. The number of carbonyl (C=O) groups excluding carboxylic acids is 1. The summed E-state index contributed by atoms with van der Waals surface area (Å²) in [5.74, 6) is 0.423. The van der Waals surface area contributed by atoms with Crippen molar-refractivity contribution in [1.29, 1.82) is 0 Å². The highest BCUT2D eigenvalue weighted by molar-refractivity contribution is 5.77. The van der Waals surface area contributed by atoms with Crippen LogP contribution < -0.4 is 0 Å². The second kappa shape index (κ2) is 5.53. The SMILES string of the molecule is O=C1CCCCN1C1CCCCCCC1. The van der Waals surface area contributed by atoms with Crippen molar-refractivity contribution in [3.05, 3.63) is 0 Å². The zero-order valence-electron chi connectivity index (χ0n) is 9.71. The number of hydrogen-bond acceptors (Lipinski definition) is 1. The van der Waals surface area contributed by atoms with Crippen LogP contribution in [0.4, 0.5) is 0 Å². The van der Waals surface area contributed by atoms with Crippen LogP contribution in [0.25, 0.3) is 0 Å². The molecule has 2 aliphatic rings. The van der Waals surface area contributed by atoms with Gasteiger partial charge in [-0.2, -0.15) is 0 Å². The predicted molar refractivity (Wildman–Crippen MR) is 61.7 cm³/mol. The number of amides is 1. The van der Waals surface area contributed by atoms with Crippen LogP contribution in [-0.2, 0) is 4.79 Å². The summed E-state index contributed by atoms with van der Waals surface area (Å²) in [6.07, 6.45) is 12.5. The van der Waals surface area contributed by atoms with Gasteiger partial charge in [0.1, 0.15) is 0 Å². The molecule has 0 spiro atoms. The maximum atomic E-state index is 11.8. The molecule has 0 aromatic heterocycles. The molecule has 0 unspecified atom stereocenters. The summed E-state index contributed by atoms with van der Waals surface area (Å²) in [7, 11) is 0. The van der Waals surface area contributed by atoms with Crippen LogP contribution in [0.15, 0.2) is 0 Å². The van der Waals surface area contributed by atoms with Crippen molar-refractivity contribution in [2.45, 2.75) is 70.3 Å². The van der Waals surface area contributed by atoms with Crippen LogP contribution in [0, 0.1) is 0 Å². The van der Waals surface area contributed by atoms with E-state index in [0.717, 1.165) is 19.4 Å². The first-order chi connectivity index (χ1) is 7.38. The van der Waals surface area contributed by atoms with E-state index in [1.807, 2.05) is 0 Å². The second-order valence-electron chi connectivity index (χ2n) is 5.04. The Hall–Kier alpha value is -0.530. The lowest BCUT2D eigenvalue weighted by molar-refractivity contribution is -0.136. The Balaban J connectivity index is 1.90. The zero-order valence-corrected chi connectivity index (χ0v) is 9.71. The molecule has 1 saturated carbocycles. The Bertz CT molecular complexity index is 207. The van der Waals surface area contributed by atoms with Gasteiger partial charge in [-0.15, -0.1) is 0 Å². The molecule has 0 bridgehead atoms. The molecule has 86 valence electrons. The molecule has 0 atom stereocenters. The van der Waals surface area contributed by atoms with Gasteiger partial charge in [0.15, 0.2) is 0 Å². The van der Waals surface area contributed by atoms with Crippen molar-refractivity contribution in [1.82, 2.24) is 4.90 Å². The van der Waals surface area contributed by atoms with E-state index in [-0.39, 0.29) is 0 Å². The van der Waals surface area contributed by atoms with E-state index in [4.69, 9.17) is 0 Å². The quantitative estimate of drug-likeness (QED) is 0.650. The Morgan fingerprint density at radius 1 is 0.867 bits per heavy atom. The normalized spacial score (nSPS) is 26.1. The molecule has 2 heteroatoms. The standard InChI is InChI=1S/C13H23NO/c15-13-10-6-7-11-14(13)12-8-4-2-1-3-5-9-12/h12H,1-11H2. The maximum absolute atomic E-state index is 11.8. The van der Waals surface area contributed by atoms with Gasteiger partial charge >= 0.3 is 0 Å². The number of carbonyl (C=O) groups is 1. The van der Waals surface area contributed by atoms with Gasteiger partial charge in [0, 0.05) is 19.0 Å². The van der Waals surface area contributed by atoms with Crippen LogP contribution in [-0.4, -0.2) is 23.4 Å². The average Bonchev–Trinajstić information content (AvgIpc) is 2.19. The molecule has 2 rings (SSSR count). The van der Waals surface area contributed by atoms with Gasteiger partial charge in [0.05, 0.1) is 0 Å². The minimum absolute atomic E-state index is 0.423. The van der Waals surface area contributed by atoms with Crippen molar-refractivity contribution >= 4 is 5.91 Å². The summed E-state index contributed by atoms with van der Waals surface area (Å²) in [5.41, 5.74) is 0. The molecule has 0 aromatic carbocycles. The molecule has 1 saturated heterocycles. The highest BCUT2D eigenvalue weighted by atomic mass is 16.2. The smallest absolute Gasteiger partial charge is 0.222 e. The third-order valence-corrected chi connectivity index (χ3v) is 3.88. The maximum Gasteiger partial charge on any atom is 0.222 e. The molecular formula is C13H23NO. The summed E-state index contributed by atoms with van der Waals surface area (Å²) in [6.45, 7) is 1.03. The minimum Gasteiger partial charge on any atom is -0.340 e. The number of nitrogens with zero attached hydrogens (tertiary/aromatic N) is 1. The summed E-state index contributed by atoms with van der Waals surface area (Å²) in [4.78, 5) is 14.0. The van der Waals surface area contributed by atoms with Gasteiger partial charge in [-0.3, -0.25) is 4.79 Å². The molecule has 2 nitrogen and oxygen atoms in total. The highest BCUT2D eigenvalue weighted by Crippen LogP contribution is 2.24. The lowest BCUT2D eigenvalue weighted by Crippen LogP contribution is -2.43. The number of hydrogen-bond donors (Lipinski definition) is 0. The number of likely N-dealkylation sites (tertiary alicyclic amines) is 1. The lowest BCUT2D eigenvalue weighted by atomic mass is 9.94. The Morgan fingerprint density at radius 3 is 2.20 bits per heavy atom. The second-order valence-corrected chi connectivity index (χ2v) is 5.04. The highest BCUT2D eigenvalue weighted by Gasteiger charge is 2.25. The van der Waals surface area contributed by atoms with Crippen molar-refractivity contribution in [2.24, 2.45) is 0 Å². The molecule has 0 N–H and O–H groups in total. The third kappa shape index (κ3) is 2.96. The minimum atomic E-state index is 0.423. The largest absolute Gasteiger partial charge is 0.340 e. The monoisotopic (exact) mass is 209 g/mol. The fourth-order valence-electron chi connectivity index (χ4n) is 2.96. The van der Waals surface area contributed by atoms with Crippen LogP contribution in [0.1, 0.15) is 64.2 Å². The van der Waals surface area contributed by atoms with E-state index in [9.17, 15) is 4.79 Å². The Kier molecular flexibility index (Phi) is 4.04. The van der Waals surface area contributed by atoms with Crippen molar-refractivity contribution in [2.75, 3.05) is 6.54 Å². The molecular weight excluding hydrogens is 186 g/mol. The van der Waals surface area contributed by atoms with Gasteiger partial charge in [-0.05, 0) is 25.7 Å². The van der Waals surface area contributed by atoms with Crippen molar-refractivity contribution < 1.29 is 4.79 Å². The summed E-state index contributed by atoms with van der Waals surface area (Å²) >= 11 is 0. The van der Waals surface area contributed by atoms with E-state index in [0.29, 0.717) is 11.9 Å². The summed E-state index contributed by atoms with van der Waals surface area (Å²) < 4.78 is 0. The number of rotatable bonds is 1. The Morgan fingerprint density at radius 2 is 1.53 bits per heavy atom. The fourth-order valence-corrected chi connectivity index (χ4v) is 2.96. The van der Waals surface area contributed by atoms with Crippen molar-refractivity contribution in [3.8, 4) is 0 Å². The molecule has 0 aromatic rings. The van der Waals surface area contributed by atoms with E-state index >= 15 is 0 Å². The van der Waals surface area contributed by atoms with Crippen LogP contribution >= 0.6 is 0 Å². The predicted octanol–water partition coefficient (Wildman–Crippen LogP) is 3.11. The zero-order chi connectivity index (χ0) is 10.5. The van der Waals surface area contributed by atoms with E-state index in [1.54, 1.807) is 0 Å². The van der Waals surface area contributed by atoms with Gasteiger partial charge < -0.3 is 4.90 Å². The fraction of sp³-hybridized carbons (Fsp3) is 0.923. The van der Waals surface area contributed by atoms with Crippen LogP contribution in [0.3, 0.4) is 0 Å². The first-order valence-electron chi connectivity index (χ1n) is 6.67. The molecule has 15 heavy (non-hydrogen) atoms. The van der Waals surface area contributed by atoms with Crippen LogP contribution in [0.5, 0.6) is 0 Å². The van der Waals surface area contributed by atoms with Gasteiger partial charge in [0.25, 0.3) is 0 Å². The first-order valence-corrected chi connectivity index (χ1v) is 6.67. The van der Waals surface area contributed by atoms with E-state index < -0.39 is 0 Å². The van der Waals surface area contributed by atoms with E-state index in [2.05, 4.69) is 4.90 Å². The molecule has 1 heterocycles. The topological polar surface area (TPSA) is 20.3 Å². The van der Waals surface area contributed by atoms with Gasteiger partial charge in [0.2, 0.25) is 5.91 Å². The molecule has 1 amide bonds. The molecule has 0 radical (unpaired) electrons. The van der Waals surface area contributed by atoms with Gasteiger partial charge in [-0.1, -0.05) is 32.1 Å². The summed E-state index contributed by atoms with van der Waals surface area (Å²) in [5, 5.41) is 0. The lowest BCUT2D eigenvalue weighted by Gasteiger charge is -2.35. The number of piperidine rings is 1. The first kappa shape index (κ1) is 11.0. The Labute approximate surface area is 93.0 Å². The van der Waals surface area contributed by atoms with E-state index in [1.165, 1.54) is 51.4 Å². The van der Waals surface area contributed by atoms with Gasteiger partial charge in [-0.25, -0.2) is 0 Å². The third-order valence-electron chi connectivity index (χ3n) is 3.88. The molecule has 1 aliphatic carbocycles. The summed E-state index contributed by atoms with van der Waals surface area (Å²) in [6, 6.07) is 0.582. The van der Waals surface area contributed by atoms with Crippen LogP contribution in [0.2, 0.25) is 0 Å². The molecule has 1 aliphatic heterocycles. The molecule has 2 fully saturated rings. The van der Waals surface area contributed by atoms with Crippen molar-refractivity contribution in [3.63, 3.8) is 0 Å².